The molecule has 2 aromatic rings. The second-order valence-electron chi connectivity index (χ2n) is 4.14. The third-order valence-electron chi connectivity index (χ3n) is 2.75. The smallest absolute Gasteiger partial charge is 0.253 e. The Labute approximate surface area is 116 Å². The molecule has 0 aliphatic carbocycles. The predicted octanol–water partition coefficient (Wildman–Crippen LogP) is 2.93. The molecule has 1 aromatic heterocycles. The Morgan fingerprint density at radius 1 is 1.32 bits per heavy atom. The zero-order chi connectivity index (χ0) is 13.8. The van der Waals surface area contributed by atoms with Gasteiger partial charge in [0.05, 0.1) is 16.6 Å². The molecule has 1 heterocycles. The van der Waals surface area contributed by atoms with Crippen LogP contribution in [0.15, 0.2) is 42.7 Å². The maximum Gasteiger partial charge on any atom is 0.253 e. The number of phenols is 1. The van der Waals surface area contributed by atoms with Crippen LogP contribution in [0.1, 0.15) is 28.9 Å². The number of hydrogen-bond acceptors (Lipinski definition) is 3. The Balaban J connectivity index is 2.15. The summed E-state index contributed by atoms with van der Waals surface area (Å²) in [5, 5.41) is 12.5. The van der Waals surface area contributed by atoms with Gasteiger partial charge in [0.15, 0.2) is 0 Å². The van der Waals surface area contributed by atoms with E-state index in [1.165, 1.54) is 18.2 Å². The summed E-state index contributed by atoms with van der Waals surface area (Å²) in [5.74, 6) is -0.323. The molecule has 1 amide bonds. The molecule has 0 bridgehead atoms. The number of nitrogens with zero attached hydrogens (tertiary/aromatic N) is 1. The van der Waals surface area contributed by atoms with Crippen molar-refractivity contribution in [1.82, 2.24) is 10.3 Å². The summed E-state index contributed by atoms with van der Waals surface area (Å²) >= 11 is 5.94. The second-order valence-corrected chi connectivity index (χ2v) is 4.55. The molecule has 0 radical (unpaired) electrons. The molecule has 1 atom stereocenters. The standard InChI is InChI=1S/C14H13ClN2O2/c1-9(10-4-6-16-7-5-10)17-14(19)12-8-11(18)2-3-13(12)15/h2-9,18H,1H3,(H,17,19). The van der Waals surface area contributed by atoms with Gasteiger partial charge in [-0.15, -0.1) is 0 Å². The molecule has 2 N–H and O–H groups in total. The summed E-state index contributed by atoms with van der Waals surface area (Å²) in [6.07, 6.45) is 3.33. The highest BCUT2D eigenvalue weighted by Gasteiger charge is 2.14. The molecular formula is C14H13ClN2O2. The van der Waals surface area contributed by atoms with E-state index in [0.29, 0.717) is 5.02 Å². The van der Waals surface area contributed by atoms with Gasteiger partial charge in [0.2, 0.25) is 0 Å². The lowest BCUT2D eigenvalue weighted by Crippen LogP contribution is -2.26. The van der Waals surface area contributed by atoms with Crippen molar-refractivity contribution in [2.24, 2.45) is 0 Å². The maximum atomic E-state index is 12.1. The molecule has 1 unspecified atom stereocenters. The number of amides is 1. The van der Waals surface area contributed by atoms with E-state index in [1.54, 1.807) is 12.4 Å². The second kappa shape index (κ2) is 5.71. The van der Waals surface area contributed by atoms with Crippen molar-refractivity contribution in [3.8, 4) is 5.75 Å². The van der Waals surface area contributed by atoms with Crippen LogP contribution in [0.2, 0.25) is 5.02 Å². The number of rotatable bonds is 3. The lowest BCUT2D eigenvalue weighted by atomic mass is 10.1. The number of phenolic OH excluding ortho intramolecular Hbond substituents is 1. The summed E-state index contributed by atoms with van der Waals surface area (Å²) in [5.41, 5.74) is 1.20. The van der Waals surface area contributed by atoms with Crippen molar-refractivity contribution in [2.45, 2.75) is 13.0 Å². The molecule has 0 spiro atoms. The van der Waals surface area contributed by atoms with Crippen LogP contribution < -0.4 is 5.32 Å². The molecule has 0 saturated carbocycles. The highest BCUT2D eigenvalue weighted by Crippen LogP contribution is 2.22. The van der Waals surface area contributed by atoms with E-state index in [9.17, 15) is 9.90 Å². The summed E-state index contributed by atoms with van der Waals surface area (Å²) in [6.45, 7) is 1.87. The molecule has 0 aliphatic rings. The summed E-state index contributed by atoms with van der Waals surface area (Å²) < 4.78 is 0. The molecule has 0 aliphatic heterocycles. The number of pyridine rings is 1. The monoisotopic (exact) mass is 276 g/mol. The van der Waals surface area contributed by atoms with Crippen LogP contribution in [0.3, 0.4) is 0 Å². The fourth-order valence-electron chi connectivity index (χ4n) is 1.70. The molecule has 0 fully saturated rings. The Bertz CT molecular complexity index is 587. The average Bonchev–Trinajstić information content (AvgIpc) is 2.42. The van der Waals surface area contributed by atoms with Crippen molar-refractivity contribution >= 4 is 17.5 Å². The first kappa shape index (κ1) is 13.4. The first-order valence-corrected chi connectivity index (χ1v) is 6.15. The lowest BCUT2D eigenvalue weighted by Gasteiger charge is -2.14. The normalized spacial score (nSPS) is 11.9. The van der Waals surface area contributed by atoms with Crippen LogP contribution in [-0.4, -0.2) is 16.0 Å². The first-order chi connectivity index (χ1) is 9.08. The number of aromatic hydroxyl groups is 1. The number of aromatic nitrogens is 1. The van der Waals surface area contributed by atoms with Crippen molar-refractivity contribution in [3.05, 3.63) is 58.9 Å². The zero-order valence-corrected chi connectivity index (χ0v) is 11.1. The molecule has 4 nitrogen and oxygen atoms in total. The van der Waals surface area contributed by atoms with E-state index >= 15 is 0 Å². The number of nitrogens with one attached hydrogen (secondary N) is 1. The number of halogens is 1. The number of benzene rings is 1. The van der Waals surface area contributed by atoms with Gasteiger partial charge >= 0.3 is 0 Å². The van der Waals surface area contributed by atoms with Crippen molar-refractivity contribution in [1.29, 1.82) is 0 Å². The molecule has 2 rings (SSSR count). The quantitative estimate of drug-likeness (QED) is 0.906. The SMILES string of the molecule is CC(NC(=O)c1cc(O)ccc1Cl)c1ccncc1. The highest BCUT2D eigenvalue weighted by atomic mass is 35.5. The van der Waals surface area contributed by atoms with Gasteiger partial charge in [0.25, 0.3) is 5.91 Å². The molecular weight excluding hydrogens is 264 g/mol. The van der Waals surface area contributed by atoms with E-state index < -0.39 is 0 Å². The number of carbonyl (C=O) groups excluding carboxylic acids is 1. The Kier molecular flexibility index (Phi) is 4.02. The van der Waals surface area contributed by atoms with Crippen molar-refractivity contribution in [2.75, 3.05) is 0 Å². The van der Waals surface area contributed by atoms with E-state index in [1.807, 2.05) is 19.1 Å². The van der Waals surface area contributed by atoms with E-state index in [0.717, 1.165) is 5.56 Å². The Hall–Kier alpha value is -2.07. The summed E-state index contributed by atoms with van der Waals surface area (Å²) in [6, 6.07) is 7.75. The minimum Gasteiger partial charge on any atom is -0.508 e. The van der Waals surface area contributed by atoms with Gasteiger partial charge in [-0.3, -0.25) is 9.78 Å². The van der Waals surface area contributed by atoms with E-state index in [-0.39, 0.29) is 23.3 Å². The zero-order valence-electron chi connectivity index (χ0n) is 10.3. The minimum absolute atomic E-state index is 0.00566. The van der Waals surface area contributed by atoms with E-state index in [2.05, 4.69) is 10.3 Å². The molecule has 1 aromatic carbocycles. The van der Waals surface area contributed by atoms with Gasteiger partial charge in [-0.2, -0.15) is 0 Å². The third kappa shape index (κ3) is 3.23. The van der Waals surface area contributed by atoms with Crippen LogP contribution >= 0.6 is 11.6 Å². The van der Waals surface area contributed by atoms with Crippen LogP contribution in [-0.2, 0) is 0 Å². The van der Waals surface area contributed by atoms with Crippen molar-refractivity contribution in [3.63, 3.8) is 0 Å². The third-order valence-corrected chi connectivity index (χ3v) is 3.08. The molecule has 0 saturated heterocycles. The maximum absolute atomic E-state index is 12.1. The molecule has 19 heavy (non-hydrogen) atoms. The fourth-order valence-corrected chi connectivity index (χ4v) is 1.90. The topological polar surface area (TPSA) is 62.2 Å². The van der Waals surface area contributed by atoms with Gasteiger partial charge in [-0.25, -0.2) is 0 Å². The van der Waals surface area contributed by atoms with Gasteiger partial charge in [-0.05, 0) is 42.8 Å². The van der Waals surface area contributed by atoms with Crippen LogP contribution in [0.5, 0.6) is 5.75 Å². The van der Waals surface area contributed by atoms with Gasteiger partial charge in [0.1, 0.15) is 5.75 Å². The van der Waals surface area contributed by atoms with Crippen LogP contribution in [0, 0.1) is 0 Å². The molecule has 98 valence electrons. The largest absolute Gasteiger partial charge is 0.508 e. The van der Waals surface area contributed by atoms with Gasteiger partial charge < -0.3 is 10.4 Å². The number of carbonyl (C=O) groups is 1. The van der Waals surface area contributed by atoms with Crippen molar-refractivity contribution < 1.29 is 9.90 Å². The highest BCUT2D eigenvalue weighted by molar-refractivity contribution is 6.33. The van der Waals surface area contributed by atoms with Crippen LogP contribution in [0.25, 0.3) is 0 Å². The Morgan fingerprint density at radius 2 is 2.00 bits per heavy atom. The summed E-state index contributed by atoms with van der Waals surface area (Å²) in [4.78, 5) is 16.0. The Morgan fingerprint density at radius 3 is 2.68 bits per heavy atom. The first-order valence-electron chi connectivity index (χ1n) is 5.77. The summed E-state index contributed by atoms with van der Waals surface area (Å²) in [7, 11) is 0. The van der Waals surface area contributed by atoms with Crippen LogP contribution in [0.4, 0.5) is 0 Å². The molecule has 5 heteroatoms. The van der Waals surface area contributed by atoms with Gasteiger partial charge in [0, 0.05) is 12.4 Å². The lowest BCUT2D eigenvalue weighted by molar-refractivity contribution is 0.0939. The average molecular weight is 277 g/mol. The van der Waals surface area contributed by atoms with E-state index in [4.69, 9.17) is 11.6 Å². The fraction of sp³-hybridized carbons (Fsp3) is 0.143. The van der Waals surface area contributed by atoms with Gasteiger partial charge in [-0.1, -0.05) is 11.6 Å². The minimum atomic E-state index is -0.329. The predicted molar refractivity (Wildman–Crippen MR) is 73.2 cm³/mol. The number of hydrogen-bond donors (Lipinski definition) is 2.